The second kappa shape index (κ2) is 12.4. The van der Waals surface area contributed by atoms with Gasteiger partial charge in [-0.25, -0.2) is 0 Å². The van der Waals surface area contributed by atoms with E-state index in [1.165, 1.54) is 11.8 Å². The van der Waals surface area contributed by atoms with Gasteiger partial charge in [0.15, 0.2) is 0 Å². The van der Waals surface area contributed by atoms with Crippen molar-refractivity contribution in [2.75, 3.05) is 49.3 Å². The van der Waals surface area contributed by atoms with Crippen LogP contribution in [-0.4, -0.2) is 66.0 Å². The van der Waals surface area contributed by atoms with E-state index in [0.29, 0.717) is 35.5 Å². The summed E-state index contributed by atoms with van der Waals surface area (Å²) >= 11 is 4.61. The number of carbonyl (C=O) groups is 2. The summed E-state index contributed by atoms with van der Waals surface area (Å²) in [7, 11) is 1.61. The first-order valence-corrected chi connectivity index (χ1v) is 14.1. The number of anilines is 2. The van der Waals surface area contributed by atoms with E-state index in [0.717, 1.165) is 34.6 Å². The Bertz CT molecular complexity index is 1440. The summed E-state index contributed by atoms with van der Waals surface area (Å²) < 4.78 is 11.7. The lowest BCUT2D eigenvalue weighted by molar-refractivity contribution is -0.113. The van der Waals surface area contributed by atoms with Crippen molar-refractivity contribution in [3.8, 4) is 17.2 Å². The molecule has 2 heterocycles. The van der Waals surface area contributed by atoms with Crippen LogP contribution in [0.1, 0.15) is 10.4 Å². The minimum atomic E-state index is -0.170. The number of hydrogen-bond acceptors (Lipinski definition) is 8. The number of aromatic nitrogens is 2. The molecule has 2 amide bonds. The highest BCUT2D eigenvalue weighted by atomic mass is 79.9. The Balaban J connectivity index is 1.08. The zero-order valence-electron chi connectivity index (χ0n) is 21.2. The first-order chi connectivity index (χ1) is 19.0. The number of rotatable bonds is 8. The summed E-state index contributed by atoms with van der Waals surface area (Å²) in [5.41, 5.74) is 3.22. The van der Waals surface area contributed by atoms with Gasteiger partial charge in [0.25, 0.3) is 11.1 Å². The predicted octanol–water partition coefficient (Wildman–Crippen LogP) is 5.20. The molecule has 1 aromatic heterocycles. The first-order valence-electron chi connectivity index (χ1n) is 12.3. The van der Waals surface area contributed by atoms with Crippen molar-refractivity contribution in [3.05, 3.63) is 82.8 Å². The molecule has 0 bridgehead atoms. The Hall–Kier alpha value is -3.83. The number of benzene rings is 3. The topological polar surface area (TPSA) is 101 Å². The first kappa shape index (κ1) is 26.8. The molecule has 1 aliphatic heterocycles. The second-order valence-electron chi connectivity index (χ2n) is 8.77. The van der Waals surface area contributed by atoms with Crippen molar-refractivity contribution in [2.45, 2.75) is 5.22 Å². The minimum absolute atomic E-state index is 0.0457. The average molecular weight is 609 g/mol. The third-order valence-corrected chi connectivity index (χ3v) is 7.54. The number of thioether (sulfide) groups is 1. The Morgan fingerprint density at radius 2 is 1.74 bits per heavy atom. The van der Waals surface area contributed by atoms with Crippen LogP contribution in [0.15, 0.2) is 86.9 Å². The Morgan fingerprint density at radius 3 is 2.44 bits per heavy atom. The quantitative estimate of drug-likeness (QED) is 0.273. The van der Waals surface area contributed by atoms with Gasteiger partial charge in [-0.15, -0.1) is 10.2 Å². The molecule has 3 aromatic carbocycles. The van der Waals surface area contributed by atoms with Gasteiger partial charge in [0.05, 0.1) is 12.9 Å². The van der Waals surface area contributed by atoms with Crippen LogP contribution in [0.5, 0.6) is 5.75 Å². The summed E-state index contributed by atoms with van der Waals surface area (Å²) in [4.78, 5) is 29.4. The lowest BCUT2D eigenvalue weighted by Crippen LogP contribution is -2.48. The molecule has 1 aliphatic rings. The van der Waals surface area contributed by atoms with Crippen molar-refractivity contribution in [3.63, 3.8) is 0 Å². The van der Waals surface area contributed by atoms with E-state index in [1.807, 2.05) is 77.7 Å². The highest BCUT2D eigenvalue weighted by Gasteiger charge is 2.22. The molecule has 1 saturated heterocycles. The maximum Gasteiger partial charge on any atom is 0.277 e. The third kappa shape index (κ3) is 6.79. The molecule has 4 aromatic rings. The monoisotopic (exact) mass is 607 g/mol. The number of amides is 2. The molecule has 1 N–H and O–H groups in total. The van der Waals surface area contributed by atoms with E-state index in [9.17, 15) is 9.59 Å². The van der Waals surface area contributed by atoms with Gasteiger partial charge >= 0.3 is 0 Å². The van der Waals surface area contributed by atoms with E-state index in [4.69, 9.17) is 9.15 Å². The Labute approximate surface area is 238 Å². The summed E-state index contributed by atoms with van der Waals surface area (Å²) in [5, 5.41) is 11.3. The fourth-order valence-corrected chi connectivity index (χ4v) is 5.13. The third-order valence-electron chi connectivity index (χ3n) is 6.22. The highest BCUT2D eigenvalue weighted by molar-refractivity contribution is 9.10. The van der Waals surface area contributed by atoms with Crippen molar-refractivity contribution in [1.82, 2.24) is 15.1 Å². The van der Waals surface area contributed by atoms with Gasteiger partial charge < -0.3 is 24.3 Å². The maximum absolute atomic E-state index is 12.8. The van der Waals surface area contributed by atoms with Gasteiger partial charge in [-0.1, -0.05) is 33.8 Å². The minimum Gasteiger partial charge on any atom is -0.497 e. The zero-order valence-corrected chi connectivity index (χ0v) is 23.6. The summed E-state index contributed by atoms with van der Waals surface area (Å²) in [6, 6.07) is 22.5. The maximum atomic E-state index is 12.8. The SMILES string of the molecule is COc1ccc(-c2nnc(SCC(=O)Nc3ccc(N4CCN(C(=O)c5cccc(Br)c5)CC4)cc3)o2)cc1. The van der Waals surface area contributed by atoms with E-state index >= 15 is 0 Å². The van der Waals surface area contributed by atoms with Crippen LogP contribution >= 0.6 is 27.7 Å². The molecule has 1 fully saturated rings. The molecule has 9 nitrogen and oxygen atoms in total. The van der Waals surface area contributed by atoms with Crippen molar-refractivity contribution in [2.24, 2.45) is 0 Å². The number of hydrogen-bond donors (Lipinski definition) is 1. The van der Waals surface area contributed by atoms with Gasteiger partial charge in [-0.2, -0.15) is 0 Å². The number of nitrogens with zero attached hydrogens (tertiary/aromatic N) is 4. The zero-order chi connectivity index (χ0) is 27.2. The molecular formula is C28H26BrN5O4S. The summed E-state index contributed by atoms with van der Waals surface area (Å²) in [6.45, 7) is 2.78. The van der Waals surface area contributed by atoms with Crippen LogP contribution in [0.25, 0.3) is 11.5 Å². The Kier molecular flexibility index (Phi) is 8.48. The standard InChI is InChI=1S/C28H26BrN5O4S/c1-37-24-11-5-19(6-12-24)26-31-32-28(38-26)39-18-25(35)30-22-7-9-23(10-8-22)33-13-15-34(16-14-33)27(36)20-3-2-4-21(29)17-20/h2-12,17H,13-16,18H2,1H3,(H,30,35). The van der Waals surface area contributed by atoms with Gasteiger partial charge in [-0.05, 0) is 66.7 Å². The normalized spacial score (nSPS) is 13.3. The molecular weight excluding hydrogens is 582 g/mol. The van der Waals surface area contributed by atoms with Crippen LogP contribution in [0.3, 0.4) is 0 Å². The van der Waals surface area contributed by atoms with Crippen LogP contribution in [0.2, 0.25) is 0 Å². The van der Waals surface area contributed by atoms with E-state index < -0.39 is 0 Å². The van der Waals surface area contributed by atoms with Gasteiger partial charge in [0, 0.05) is 53.2 Å². The lowest BCUT2D eigenvalue weighted by atomic mass is 10.1. The number of methoxy groups -OCH3 is 1. The molecule has 11 heteroatoms. The van der Waals surface area contributed by atoms with Gasteiger partial charge in [-0.3, -0.25) is 9.59 Å². The molecule has 39 heavy (non-hydrogen) atoms. The lowest BCUT2D eigenvalue weighted by Gasteiger charge is -2.36. The van der Waals surface area contributed by atoms with Crippen LogP contribution in [-0.2, 0) is 4.79 Å². The molecule has 0 aliphatic carbocycles. The van der Waals surface area contributed by atoms with Gasteiger partial charge in [0.1, 0.15) is 5.75 Å². The molecule has 200 valence electrons. The molecule has 5 rings (SSSR count). The largest absolute Gasteiger partial charge is 0.497 e. The predicted molar refractivity (Wildman–Crippen MR) is 154 cm³/mol. The van der Waals surface area contributed by atoms with Crippen molar-refractivity contribution < 1.29 is 18.7 Å². The van der Waals surface area contributed by atoms with Crippen molar-refractivity contribution in [1.29, 1.82) is 0 Å². The average Bonchev–Trinajstić information content (AvgIpc) is 3.45. The highest BCUT2D eigenvalue weighted by Crippen LogP contribution is 2.25. The fraction of sp³-hybridized carbons (Fsp3) is 0.214. The summed E-state index contributed by atoms with van der Waals surface area (Å²) in [5.74, 6) is 1.14. The van der Waals surface area contributed by atoms with E-state index in [1.54, 1.807) is 7.11 Å². The Morgan fingerprint density at radius 1 is 1.00 bits per heavy atom. The second-order valence-corrected chi connectivity index (χ2v) is 10.6. The molecule has 0 saturated carbocycles. The van der Waals surface area contributed by atoms with Crippen LogP contribution < -0.4 is 15.0 Å². The van der Waals surface area contributed by atoms with Crippen LogP contribution in [0.4, 0.5) is 11.4 Å². The smallest absolute Gasteiger partial charge is 0.277 e. The number of piperazine rings is 1. The number of ether oxygens (including phenoxy) is 1. The molecule has 0 unspecified atom stereocenters. The fourth-order valence-electron chi connectivity index (χ4n) is 4.17. The van der Waals surface area contributed by atoms with Gasteiger partial charge in [0.2, 0.25) is 11.8 Å². The number of carbonyl (C=O) groups excluding carboxylic acids is 2. The van der Waals surface area contributed by atoms with E-state index in [-0.39, 0.29) is 17.6 Å². The molecule has 0 spiro atoms. The van der Waals surface area contributed by atoms with E-state index in [2.05, 4.69) is 36.3 Å². The molecule has 0 atom stereocenters. The number of halogens is 1. The number of nitrogens with one attached hydrogen (secondary N) is 1. The molecule has 0 radical (unpaired) electrons. The summed E-state index contributed by atoms with van der Waals surface area (Å²) in [6.07, 6.45) is 0. The van der Waals surface area contributed by atoms with Crippen LogP contribution in [0, 0.1) is 0 Å². The van der Waals surface area contributed by atoms with Crippen molar-refractivity contribution >= 4 is 50.9 Å².